The highest BCUT2D eigenvalue weighted by molar-refractivity contribution is 5.91. The van der Waals surface area contributed by atoms with Crippen molar-refractivity contribution in [2.45, 2.75) is 19.3 Å². The van der Waals surface area contributed by atoms with E-state index in [0.717, 1.165) is 55.2 Å². The largest absolute Gasteiger partial charge is 0.497 e. The molecule has 8 heteroatoms. The number of rotatable bonds is 5. The number of piperazine rings is 1. The van der Waals surface area contributed by atoms with E-state index in [1.54, 1.807) is 21.3 Å². The minimum absolute atomic E-state index is 0.129. The van der Waals surface area contributed by atoms with Crippen LogP contribution in [-0.2, 0) is 12.8 Å². The Kier molecular flexibility index (Phi) is 5.83. The normalized spacial score (nSPS) is 15.6. The molecule has 1 aliphatic heterocycles. The van der Waals surface area contributed by atoms with Gasteiger partial charge in [0.05, 0.1) is 21.3 Å². The summed E-state index contributed by atoms with van der Waals surface area (Å²) in [5, 5.41) is 2.99. The van der Waals surface area contributed by atoms with Gasteiger partial charge in [-0.3, -0.25) is 0 Å². The number of anilines is 2. The molecule has 1 aromatic heterocycles. The van der Waals surface area contributed by atoms with Crippen LogP contribution in [0, 0.1) is 0 Å². The molecule has 0 saturated carbocycles. The molecule has 8 nitrogen and oxygen atoms in total. The average Bonchev–Trinajstić information content (AvgIpc) is 3.25. The number of nitrogens with zero attached hydrogens (tertiary/aromatic N) is 3. The number of urea groups is 1. The second kappa shape index (κ2) is 8.69. The minimum atomic E-state index is -0.129. The number of benzene rings is 1. The summed E-state index contributed by atoms with van der Waals surface area (Å²) in [7, 11) is 4.87. The number of ether oxygens (including phenoxy) is 3. The first-order valence-corrected chi connectivity index (χ1v) is 10.2. The van der Waals surface area contributed by atoms with Gasteiger partial charge in [-0.1, -0.05) is 0 Å². The molecule has 2 aromatic rings. The first-order chi connectivity index (χ1) is 14.6. The molecule has 160 valence electrons. The Hall–Kier alpha value is -3.16. The number of fused-ring (bicyclic) bond motifs is 1. The Morgan fingerprint density at radius 2 is 1.63 bits per heavy atom. The van der Waals surface area contributed by atoms with Crippen molar-refractivity contribution in [1.82, 2.24) is 9.88 Å². The molecule has 0 unspecified atom stereocenters. The van der Waals surface area contributed by atoms with Crippen LogP contribution in [0.4, 0.5) is 16.2 Å². The van der Waals surface area contributed by atoms with Crippen molar-refractivity contribution in [3.05, 3.63) is 35.5 Å². The van der Waals surface area contributed by atoms with Crippen molar-refractivity contribution in [3.8, 4) is 17.4 Å². The number of aromatic nitrogens is 1. The first kappa shape index (κ1) is 20.1. The number of amides is 2. The number of hydrogen-bond donors (Lipinski definition) is 1. The summed E-state index contributed by atoms with van der Waals surface area (Å²) < 4.78 is 16.1. The molecule has 2 aliphatic rings. The van der Waals surface area contributed by atoms with Gasteiger partial charge in [-0.15, -0.1) is 0 Å². The summed E-state index contributed by atoms with van der Waals surface area (Å²) in [4.78, 5) is 21.5. The van der Waals surface area contributed by atoms with E-state index in [2.05, 4.69) is 15.2 Å². The van der Waals surface area contributed by atoms with Crippen molar-refractivity contribution < 1.29 is 19.0 Å². The van der Waals surface area contributed by atoms with Gasteiger partial charge in [0.1, 0.15) is 17.2 Å². The van der Waals surface area contributed by atoms with Gasteiger partial charge in [0, 0.05) is 55.8 Å². The van der Waals surface area contributed by atoms with Gasteiger partial charge in [0.15, 0.2) is 0 Å². The fourth-order valence-electron chi connectivity index (χ4n) is 4.04. The number of carbonyl (C=O) groups excluding carboxylic acids is 1. The first-order valence-electron chi connectivity index (χ1n) is 10.2. The fourth-order valence-corrected chi connectivity index (χ4v) is 4.04. The molecular formula is C22H28N4O4. The summed E-state index contributed by atoms with van der Waals surface area (Å²) in [5.74, 6) is 1.98. The maximum absolute atomic E-state index is 12.9. The molecule has 0 atom stereocenters. The molecule has 0 bridgehead atoms. The van der Waals surface area contributed by atoms with Crippen LogP contribution in [0.2, 0.25) is 0 Å². The SMILES string of the molecule is COc1cc(OC)cc(N2CCN(C(=O)Nc3cc4c(nc3OC)CCC4)CC2)c1. The lowest BCUT2D eigenvalue weighted by molar-refractivity contribution is 0.208. The van der Waals surface area contributed by atoms with Crippen LogP contribution in [0.3, 0.4) is 0 Å². The molecule has 4 rings (SSSR count). The summed E-state index contributed by atoms with van der Waals surface area (Å²) in [6, 6.07) is 7.70. The average molecular weight is 412 g/mol. The lowest BCUT2D eigenvalue weighted by atomic mass is 10.2. The van der Waals surface area contributed by atoms with Crippen LogP contribution < -0.4 is 24.4 Å². The molecular weight excluding hydrogens is 384 g/mol. The smallest absolute Gasteiger partial charge is 0.322 e. The molecule has 1 aromatic carbocycles. The van der Waals surface area contributed by atoms with Crippen molar-refractivity contribution in [2.24, 2.45) is 0 Å². The van der Waals surface area contributed by atoms with Gasteiger partial charge in [-0.2, -0.15) is 0 Å². The Labute approximate surface area is 176 Å². The molecule has 1 saturated heterocycles. The van der Waals surface area contributed by atoms with E-state index in [-0.39, 0.29) is 6.03 Å². The van der Waals surface area contributed by atoms with Gasteiger partial charge in [-0.05, 0) is 30.9 Å². The van der Waals surface area contributed by atoms with Gasteiger partial charge in [-0.25, -0.2) is 9.78 Å². The highest BCUT2D eigenvalue weighted by atomic mass is 16.5. The van der Waals surface area contributed by atoms with E-state index in [0.29, 0.717) is 24.7 Å². The number of nitrogens with one attached hydrogen (secondary N) is 1. The van der Waals surface area contributed by atoms with E-state index >= 15 is 0 Å². The fraction of sp³-hybridized carbons (Fsp3) is 0.455. The van der Waals surface area contributed by atoms with Crippen LogP contribution in [-0.4, -0.2) is 63.4 Å². The Bertz CT molecular complexity index is 903. The van der Waals surface area contributed by atoms with Crippen molar-refractivity contribution in [2.75, 3.05) is 57.7 Å². The Balaban J connectivity index is 1.41. The molecule has 0 radical (unpaired) electrons. The van der Waals surface area contributed by atoms with E-state index in [1.165, 1.54) is 5.56 Å². The summed E-state index contributed by atoms with van der Waals surface area (Å²) in [6.45, 7) is 2.69. The number of hydrogen-bond acceptors (Lipinski definition) is 6. The lowest BCUT2D eigenvalue weighted by Crippen LogP contribution is -2.50. The Morgan fingerprint density at radius 1 is 0.933 bits per heavy atom. The van der Waals surface area contributed by atoms with E-state index in [4.69, 9.17) is 14.2 Å². The van der Waals surface area contributed by atoms with Gasteiger partial charge in [0.2, 0.25) is 5.88 Å². The summed E-state index contributed by atoms with van der Waals surface area (Å²) >= 11 is 0. The number of aryl methyl sites for hydroxylation is 2. The minimum Gasteiger partial charge on any atom is -0.497 e. The van der Waals surface area contributed by atoms with Crippen LogP contribution in [0.1, 0.15) is 17.7 Å². The number of methoxy groups -OCH3 is 3. The molecule has 0 spiro atoms. The summed E-state index contributed by atoms with van der Waals surface area (Å²) in [5.41, 5.74) is 3.94. The maximum atomic E-state index is 12.9. The lowest BCUT2D eigenvalue weighted by Gasteiger charge is -2.36. The van der Waals surface area contributed by atoms with E-state index in [1.807, 2.05) is 29.2 Å². The van der Waals surface area contributed by atoms with Crippen molar-refractivity contribution in [1.29, 1.82) is 0 Å². The van der Waals surface area contributed by atoms with Gasteiger partial charge >= 0.3 is 6.03 Å². The monoisotopic (exact) mass is 412 g/mol. The van der Waals surface area contributed by atoms with Crippen molar-refractivity contribution >= 4 is 17.4 Å². The predicted octanol–water partition coefficient (Wildman–Crippen LogP) is 2.95. The second-order valence-electron chi connectivity index (χ2n) is 7.48. The highest BCUT2D eigenvalue weighted by Crippen LogP contribution is 2.31. The maximum Gasteiger partial charge on any atom is 0.322 e. The zero-order valence-electron chi connectivity index (χ0n) is 17.7. The van der Waals surface area contributed by atoms with Crippen LogP contribution in [0.15, 0.2) is 24.3 Å². The zero-order valence-corrected chi connectivity index (χ0v) is 17.7. The quantitative estimate of drug-likeness (QED) is 0.814. The van der Waals surface area contributed by atoms with E-state index < -0.39 is 0 Å². The third-order valence-corrected chi connectivity index (χ3v) is 5.72. The summed E-state index contributed by atoms with van der Waals surface area (Å²) in [6.07, 6.45) is 3.06. The van der Waals surface area contributed by atoms with Crippen LogP contribution >= 0.6 is 0 Å². The molecule has 1 N–H and O–H groups in total. The third-order valence-electron chi connectivity index (χ3n) is 5.72. The topological polar surface area (TPSA) is 76.2 Å². The predicted molar refractivity (Wildman–Crippen MR) is 115 cm³/mol. The number of carbonyl (C=O) groups is 1. The Morgan fingerprint density at radius 3 is 2.27 bits per heavy atom. The molecule has 2 heterocycles. The standard InChI is InChI=1S/C22H28N4O4/c1-28-17-12-16(13-18(14-17)29-2)25-7-9-26(10-8-25)22(27)24-20-11-15-5-4-6-19(15)23-21(20)30-3/h11-14H,4-10H2,1-3H3,(H,24,27). The molecule has 2 amide bonds. The number of pyridine rings is 1. The van der Waals surface area contributed by atoms with Crippen LogP contribution in [0.5, 0.6) is 17.4 Å². The van der Waals surface area contributed by atoms with E-state index in [9.17, 15) is 4.79 Å². The molecule has 30 heavy (non-hydrogen) atoms. The van der Waals surface area contributed by atoms with Crippen molar-refractivity contribution in [3.63, 3.8) is 0 Å². The zero-order chi connectivity index (χ0) is 21.1. The second-order valence-corrected chi connectivity index (χ2v) is 7.48. The molecule has 1 fully saturated rings. The third kappa shape index (κ3) is 4.08. The van der Waals surface area contributed by atoms with Gasteiger partial charge in [0.25, 0.3) is 0 Å². The van der Waals surface area contributed by atoms with Crippen LogP contribution in [0.25, 0.3) is 0 Å². The van der Waals surface area contributed by atoms with Gasteiger partial charge < -0.3 is 29.3 Å². The highest BCUT2D eigenvalue weighted by Gasteiger charge is 2.24. The molecule has 1 aliphatic carbocycles.